The number of rotatable bonds is 18. The molecule has 0 aromatic heterocycles. The van der Waals surface area contributed by atoms with Crippen molar-refractivity contribution in [3.63, 3.8) is 0 Å². The molecule has 0 aromatic carbocycles. The average Bonchev–Trinajstić information content (AvgIpc) is 2.55. The van der Waals surface area contributed by atoms with Crippen molar-refractivity contribution in [3.05, 3.63) is 0 Å². The van der Waals surface area contributed by atoms with Crippen LogP contribution in [0, 0.1) is 5.92 Å². The molecule has 1 N–H and O–H groups in total. The zero-order valence-electron chi connectivity index (χ0n) is 16.8. The lowest BCUT2D eigenvalue weighted by Crippen LogP contribution is -2.21. The predicted molar refractivity (Wildman–Crippen MR) is 106 cm³/mol. The largest absolute Gasteiger partial charge is 0.397 e. The third-order valence-corrected chi connectivity index (χ3v) is 5.54. The topological polar surface area (TPSA) is 63.6 Å². The molecule has 0 heterocycles. The van der Waals surface area contributed by atoms with Crippen LogP contribution in [0.1, 0.15) is 117 Å². The van der Waals surface area contributed by atoms with Crippen molar-refractivity contribution >= 4 is 10.4 Å². The summed E-state index contributed by atoms with van der Waals surface area (Å²) < 4.78 is 36.2. The van der Waals surface area contributed by atoms with Crippen molar-refractivity contribution in [3.8, 4) is 0 Å². The summed E-state index contributed by atoms with van der Waals surface area (Å²) in [5.41, 5.74) is 0. The quantitative estimate of drug-likeness (QED) is 0.213. The monoisotopic (exact) mass is 378 g/mol. The molecule has 0 aliphatic carbocycles. The van der Waals surface area contributed by atoms with Gasteiger partial charge < -0.3 is 0 Å². The lowest BCUT2D eigenvalue weighted by Gasteiger charge is -2.21. The summed E-state index contributed by atoms with van der Waals surface area (Å²) in [6, 6.07) is 0. The summed E-state index contributed by atoms with van der Waals surface area (Å²) in [4.78, 5) is 0. The fourth-order valence-electron chi connectivity index (χ4n) is 3.41. The van der Waals surface area contributed by atoms with Crippen molar-refractivity contribution in [1.29, 1.82) is 0 Å². The van der Waals surface area contributed by atoms with Crippen LogP contribution >= 0.6 is 0 Å². The first-order valence-electron chi connectivity index (χ1n) is 10.6. The third-order valence-electron chi connectivity index (χ3n) is 5.03. The molecule has 0 radical (unpaired) electrons. The Bertz CT molecular complexity index is 381. The summed E-state index contributed by atoms with van der Waals surface area (Å²) in [5.74, 6) is 0.477. The van der Waals surface area contributed by atoms with Gasteiger partial charge in [0.05, 0.1) is 6.10 Å². The van der Waals surface area contributed by atoms with Crippen LogP contribution in [-0.2, 0) is 14.6 Å². The number of hydrogen-bond donors (Lipinski definition) is 1. The highest BCUT2D eigenvalue weighted by atomic mass is 32.3. The summed E-state index contributed by atoms with van der Waals surface area (Å²) in [7, 11) is -4.36. The first-order chi connectivity index (χ1) is 11.9. The van der Waals surface area contributed by atoms with Gasteiger partial charge >= 0.3 is 10.4 Å². The summed E-state index contributed by atoms with van der Waals surface area (Å²) in [6.07, 6.45) is 16.7. The van der Waals surface area contributed by atoms with Crippen LogP contribution in [0.5, 0.6) is 0 Å². The fraction of sp³-hybridized carbons (Fsp3) is 1.00. The van der Waals surface area contributed by atoms with Crippen molar-refractivity contribution in [2.45, 2.75) is 123 Å². The molecule has 0 rings (SSSR count). The van der Waals surface area contributed by atoms with Gasteiger partial charge in [0.25, 0.3) is 0 Å². The second-order valence-corrected chi connectivity index (χ2v) is 8.46. The minimum absolute atomic E-state index is 0.374. The smallest absolute Gasteiger partial charge is 0.264 e. The summed E-state index contributed by atoms with van der Waals surface area (Å²) in [6.45, 7) is 6.54. The van der Waals surface area contributed by atoms with Gasteiger partial charge in [-0.2, -0.15) is 8.42 Å². The second-order valence-electron chi connectivity index (χ2n) is 7.42. The van der Waals surface area contributed by atoms with E-state index >= 15 is 0 Å². The van der Waals surface area contributed by atoms with Crippen molar-refractivity contribution < 1.29 is 17.2 Å². The highest BCUT2D eigenvalue weighted by Gasteiger charge is 2.20. The van der Waals surface area contributed by atoms with E-state index in [4.69, 9.17) is 8.74 Å². The molecule has 0 spiro atoms. The van der Waals surface area contributed by atoms with Crippen LogP contribution in [-0.4, -0.2) is 19.1 Å². The Kier molecular flexibility index (Phi) is 16.0. The predicted octanol–water partition coefficient (Wildman–Crippen LogP) is 6.70. The molecule has 4 nitrogen and oxygen atoms in total. The van der Waals surface area contributed by atoms with Crippen molar-refractivity contribution in [2.24, 2.45) is 5.92 Å². The van der Waals surface area contributed by atoms with E-state index in [9.17, 15) is 8.42 Å². The molecule has 0 saturated heterocycles. The van der Waals surface area contributed by atoms with E-state index in [2.05, 4.69) is 20.8 Å². The van der Waals surface area contributed by atoms with Crippen LogP contribution in [0.25, 0.3) is 0 Å². The average molecular weight is 379 g/mol. The normalized spacial score (nSPS) is 14.6. The second kappa shape index (κ2) is 16.1. The third kappa shape index (κ3) is 17.1. The van der Waals surface area contributed by atoms with E-state index in [0.717, 1.165) is 51.4 Å². The first-order valence-corrected chi connectivity index (χ1v) is 11.9. The van der Waals surface area contributed by atoms with E-state index in [1.54, 1.807) is 0 Å². The molecule has 0 aliphatic heterocycles. The molecule has 25 heavy (non-hydrogen) atoms. The lowest BCUT2D eigenvalue weighted by molar-refractivity contribution is 0.137. The molecular formula is C20H42O4S. The Hall–Kier alpha value is -0.130. The molecule has 0 aliphatic rings. The van der Waals surface area contributed by atoms with Gasteiger partial charge in [0.1, 0.15) is 0 Å². The molecule has 2 unspecified atom stereocenters. The highest BCUT2D eigenvalue weighted by Crippen LogP contribution is 2.24. The van der Waals surface area contributed by atoms with Crippen LogP contribution in [0.4, 0.5) is 0 Å². The van der Waals surface area contributed by atoms with E-state index < -0.39 is 10.4 Å². The van der Waals surface area contributed by atoms with Gasteiger partial charge in [-0.3, -0.25) is 4.55 Å². The molecule has 0 aromatic rings. The van der Waals surface area contributed by atoms with E-state index in [-0.39, 0.29) is 6.10 Å². The number of unbranched alkanes of at least 4 members (excludes halogenated alkanes) is 9. The van der Waals surface area contributed by atoms with Crippen LogP contribution in [0.3, 0.4) is 0 Å². The van der Waals surface area contributed by atoms with Crippen LogP contribution in [0.2, 0.25) is 0 Å². The van der Waals surface area contributed by atoms with Gasteiger partial charge in [-0.1, -0.05) is 104 Å². The zero-order chi connectivity index (χ0) is 19.0. The minimum Gasteiger partial charge on any atom is -0.264 e. The zero-order valence-corrected chi connectivity index (χ0v) is 17.7. The molecule has 5 heteroatoms. The van der Waals surface area contributed by atoms with E-state index in [1.165, 1.54) is 44.9 Å². The standard InChI is InChI=1S/C20H42O4S/c1-4-7-9-10-11-12-13-14-15-17-20(24-25(21,22)23)18-19(6-3)16-8-5-2/h19-20H,4-18H2,1-3H3,(H,21,22,23). The molecule has 0 bridgehead atoms. The Morgan fingerprint density at radius 3 is 1.76 bits per heavy atom. The number of hydrogen-bond acceptors (Lipinski definition) is 3. The molecule has 152 valence electrons. The van der Waals surface area contributed by atoms with Crippen molar-refractivity contribution in [1.82, 2.24) is 0 Å². The summed E-state index contributed by atoms with van der Waals surface area (Å²) >= 11 is 0. The fourth-order valence-corrected chi connectivity index (χ4v) is 3.93. The molecule has 0 amide bonds. The van der Waals surface area contributed by atoms with Crippen LogP contribution < -0.4 is 0 Å². The molecular weight excluding hydrogens is 336 g/mol. The van der Waals surface area contributed by atoms with E-state index in [1.807, 2.05) is 0 Å². The lowest BCUT2D eigenvalue weighted by atomic mass is 9.91. The highest BCUT2D eigenvalue weighted by molar-refractivity contribution is 7.80. The van der Waals surface area contributed by atoms with Gasteiger partial charge in [-0.15, -0.1) is 0 Å². The molecule has 0 saturated carbocycles. The van der Waals surface area contributed by atoms with Gasteiger partial charge in [0.15, 0.2) is 0 Å². The molecule has 2 atom stereocenters. The SMILES string of the molecule is CCCCCCCCCCCC(CC(CC)CCCC)OS(=O)(=O)O. The van der Waals surface area contributed by atoms with E-state index in [0.29, 0.717) is 5.92 Å². The maximum Gasteiger partial charge on any atom is 0.397 e. The van der Waals surface area contributed by atoms with Gasteiger partial charge in [-0.25, -0.2) is 4.18 Å². The van der Waals surface area contributed by atoms with Crippen LogP contribution in [0.15, 0.2) is 0 Å². The van der Waals surface area contributed by atoms with Crippen molar-refractivity contribution in [2.75, 3.05) is 0 Å². The maximum atomic E-state index is 11.1. The molecule has 0 fully saturated rings. The Labute approximate surface area is 157 Å². The van der Waals surface area contributed by atoms with Gasteiger partial charge in [-0.05, 0) is 18.8 Å². The first kappa shape index (κ1) is 24.9. The minimum atomic E-state index is -4.36. The Morgan fingerprint density at radius 1 is 0.760 bits per heavy atom. The van der Waals surface area contributed by atoms with Gasteiger partial charge in [0, 0.05) is 0 Å². The summed E-state index contributed by atoms with van der Waals surface area (Å²) in [5, 5.41) is 0. The van der Waals surface area contributed by atoms with Gasteiger partial charge in [0.2, 0.25) is 0 Å². The Morgan fingerprint density at radius 2 is 1.28 bits per heavy atom. The Balaban J connectivity index is 4.06. The maximum absolute atomic E-state index is 11.1.